The van der Waals surface area contributed by atoms with Crippen LogP contribution in [0.1, 0.15) is 23.4 Å². The summed E-state index contributed by atoms with van der Waals surface area (Å²) >= 11 is 5.24. The fraction of sp³-hybridized carbons (Fsp3) is 0.231. The highest BCUT2D eigenvalue weighted by Crippen LogP contribution is 2.17. The van der Waals surface area contributed by atoms with Crippen LogP contribution in [0.4, 0.5) is 0 Å². The third-order valence-corrected chi connectivity index (χ3v) is 3.94. The SMILES string of the molecule is C[C@@H](NCc1cccs1)c1ccc(Br)cc1. The summed E-state index contributed by atoms with van der Waals surface area (Å²) in [6, 6.07) is 13.1. The third-order valence-electron chi connectivity index (χ3n) is 2.53. The lowest BCUT2D eigenvalue weighted by molar-refractivity contribution is 0.579. The van der Waals surface area contributed by atoms with Crippen molar-refractivity contribution in [1.82, 2.24) is 5.32 Å². The fourth-order valence-corrected chi connectivity index (χ4v) is 2.46. The molecular formula is C13H14BrNS. The van der Waals surface area contributed by atoms with E-state index in [9.17, 15) is 0 Å². The second-order valence-electron chi connectivity index (χ2n) is 3.73. The van der Waals surface area contributed by atoms with Gasteiger partial charge in [-0.15, -0.1) is 11.3 Å². The maximum atomic E-state index is 3.52. The number of hydrogen-bond donors (Lipinski definition) is 1. The van der Waals surface area contributed by atoms with Crippen molar-refractivity contribution in [1.29, 1.82) is 0 Å². The van der Waals surface area contributed by atoms with Crippen LogP contribution in [0, 0.1) is 0 Å². The molecule has 16 heavy (non-hydrogen) atoms. The van der Waals surface area contributed by atoms with E-state index in [1.54, 1.807) is 11.3 Å². The van der Waals surface area contributed by atoms with E-state index in [1.165, 1.54) is 10.4 Å². The van der Waals surface area contributed by atoms with E-state index in [-0.39, 0.29) is 0 Å². The fourth-order valence-electron chi connectivity index (χ4n) is 1.54. The molecule has 0 unspecified atom stereocenters. The molecule has 0 amide bonds. The molecule has 1 nitrogen and oxygen atoms in total. The lowest BCUT2D eigenvalue weighted by Gasteiger charge is -2.13. The average Bonchev–Trinajstić information content (AvgIpc) is 2.80. The van der Waals surface area contributed by atoms with Crippen LogP contribution in [0.3, 0.4) is 0 Å². The summed E-state index contributed by atoms with van der Waals surface area (Å²) in [5.74, 6) is 0. The average molecular weight is 296 g/mol. The molecule has 3 heteroatoms. The lowest BCUT2D eigenvalue weighted by Crippen LogP contribution is -2.17. The highest BCUT2D eigenvalue weighted by Gasteiger charge is 2.04. The molecule has 2 aromatic rings. The monoisotopic (exact) mass is 295 g/mol. The minimum Gasteiger partial charge on any atom is -0.305 e. The zero-order valence-electron chi connectivity index (χ0n) is 9.11. The van der Waals surface area contributed by atoms with Crippen molar-refractivity contribution >= 4 is 27.3 Å². The third kappa shape index (κ3) is 3.17. The normalized spacial score (nSPS) is 12.6. The van der Waals surface area contributed by atoms with Crippen molar-refractivity contribution < 1.29 is 0 Å². The van der Waals surface area contributed by atoms with Crippen LogP contribution in [0.25, 0.3) is 0 Å². The molecule has 0 aliphatic carbocycles. The molecule has 0 aliphatic rings. The number of nitrogens with one attached hydrogen (secondary N) is 1. The Morgan fingerprint density at radius 1 is 1.25 bits per heavy atom. The summed E-state index contributed by atoms with van der Waals surface area (Å²) in [6.07, 6.45) is 0. The molecule has 0 saturated heterocycles. The highest BCUT2D eigenvalue weighted by atomic mass is 79.9. The molecule has 0 bridgehead atoms. The van der Waals surface area contributed by atoms with Gasteiger partial charge in [-0.2, -0.15) is 0 Å². The maximum absolute atomic E-state index is 3.52. The van der Waals surface area contributed by atoms with Gasteiger partial charge in [-0.3, -0.25) is 0 Å². The van der Waals surface area contributed by atoms with Gasteiger partial charge < -0.3 is 5.32 Å². The molecule has 0 saturated carbocycles. The summed E-state index contributed by atoms with van der Waals surface area (Å²) in [5.41, 5.74) is 1.32. The van der Waals surface area contributed by atoms with Crippen molar-refractivity contribution in [2.24, 2.45) is 0 Å². The van der Waals surface area contributed by atoms with Crippen molar-refractivity contribution in [3.63, 3.8) is 0 Å². The van der Waals surface area contributed by atoms with E-state index in [0.717, 1.165) is 11.0 Å². The first-order valence-corrected chi connectivity index (χ1v) is 6.94. The van der Waals surface area contributed by atoms with E-state index >= 15 is 0 Å². The second kappa shape index (κ2) is 5.62. The number of benzene rings is 1. The van der Waals surface area contributed by atoms with Crippen LogP contribution in [0.5, 0.6) is 0 Å². The van der Waals surface area contributed by atoms with E-state index in [1.807, 2.05) is 0 Å². The number of hydrogen-bond acceptors (Lipinski definition) is 2. The van der Waals surface area contributed by atoms with E-state index in [0.29, 0.717) is 6.04 Å². The van der Waals surface area contributed by atoms with Gasteiger partial charge in [0.2, 0.25) is 0 Å². The van der Waals surface area contributed by atoms with Gasteiger partial charge >= 0.3 is 0 Å². The largest absolute Gasteiger partial charge is 0.305 e. The van der Waals surface area contributed by atoms with Gasteiger partial charge in [0, 0.05) is 21.9 Å². The maximum Gasteiger partial charge on any atom is 0.0305 e. The molecule has 1 heterocycles. The first-order chi connectivity index (χ1) is 7.75. The first-order valence-electron chi connectivity index (χ1n) is 5.27. The Hall–Kier alpha value is -0.640. The smallest absolute Gasteiger partial charge is 0.0305 e. The summed E-state index contributed by atoms with van der Waals surface area (Å²) in [5, 5.41) is 5.63. The molecule has 0 spiro atoms. The van der Waals surface area contributed by atoms with Crippen LogP contribution in [0.15, 0.2) is 46.3 Å². The van der Waals surface area contributed by atoms with Gasteiger partial charge in [0.25, 0.3) is 0 Å². The summed E-state index contributed by atoms with van der Waals surface area (Å²) in [7, 11) is 0. The summed E-state index contributed by atoms with van der Waals surface area (Å²) in [4.78, 5) is 1.38. The number of halogens is 1. The lowest BCUT2D eigenvalue weighted by atomic mass is 10.1. The Morgan fingerprint density at radius 3 is 2.62 bits per heavy atom. The second-order valence-corrected chi connectivity index (χ2v) is 5.68. The molecule has 0 fully saturated rings. The molecular weight excluding hydrogens is 282 g/mol. The zero-order chi connectivity index (χ0) is 11.4. The standard InChI is InChI=1S/C13H14BrNS/c1-10(11-4-6-12(14)7-5-11)15-9-13-3-2-8-16-13/h2-8,10,15H,9H2,1H3/t10-/m1/s1. The minimum atomic E-state index is 0.384. The number of rotatable bonds is 4. The Balaban J connectivity index is 1.93. The molecule has 1 atom stereocenters. The van der Waals surface area contributed by atoms with Crippen LogP contribution in [-0.4, -0.2) is 0 Å². The van der Waals surface area contributed by atoms with Crippen LogP contribution >= 0.6 is 27.3 Å². The molecule has 84 valence electrons. The predicted molar refractivity (Wildman–Crippen MR) is 73.7 cm³/mol. The predicted octanol–water partition coefficient (Wildman–Crippen LogP) is 4.36. The van der Waals surface area contributed by atoms with E-state index in [4.69, 9.17) is 0 Å². The molecule has 1 aromatic heterocycles. The van der Waals surface area contributed by atoms with Crippen LogP contribution in [-0.2, 0) is 6.54 Å². The topological polar surface area (TPSA) is 12.0 Å². The van der Waals surface area contributed by atoms with E-state index in [2.05, 4.69) is 69.9 Å². The van der Waals surface area contributed by atoms with Crippen molar-refractivity contribution in [2.75, 3.05) is 0 Å². The molecule has 2 rings (SSSR count). The Labute approximate surface area is 109 Å². The van der Waals surface area contributed by atoms with Crippen molar-refractivity contribution in [2.45, 2.75) is 19.5 Å². The quantitative estimate of drug-likeness (QED) is 0.884. The van der Waals surface area contributed by atoms with Crippen molar-refractivity contribution in [3.05, 3.63) is 56.7 Å². The minimum absolute atomic E-state index is 0.384. The van der Waals surface area contributed by atoms with Gasteiger partial charge in [-0.1, -0.05) is 34.1 Å². The molecule has 0 radical (unpaired) electrons. The summed E-state index contributed by atoms with van der Waals surface area (Å²) in [6.45, 7) is 3.13. The first kappa shape index (κ1) is 11.8. The highest BCUT2D eigenvalue weighted by molar-refractivity contribution is 9.10. The van der Waals surface area contributed by atoms with Gasteiger partial charge in [0.1, 0.15) is 0 Å². The summed E-state index contributed by atoms with van der Waals surface area (Å²) < 4.78 is 1.13. The van der Waals surface area contributed by atoms with Crippen LogP contribution in [0.2, 0.25) is 0 Å². The Bertz CT molecular complexity index is 422. The van der Waals surface area contributed by atoms with E-state index < -0.39 is 0 Å². The van der Waals surface area contributed by atoms with Gasteiger partial charge in [0.05, 0.1) is 0 Å². The number of thiophene rings is 1. The van der Waals surface area contributed by atoms with Gasteiger partial charge in [-0.05, 0) is 36.1 Å². The molecule has 1 aromatic carbocycles. The van der Waals surface area contributed by atoms with Gasteiger partial charge in [-0.25, -0.2) is 0 Å². The molecule has 1 N–H and O–H groups in total. The Morgan fingerprint density at radius 2 is 2.00 bits per heavy atom. The molecule has 0 aliphatic heterocycles. The van der Waals surface area contributed by atoms with Crippen molar-refractivity contribution in [3.8, 4) is 0 Å². The zero-order valence-corrected chi connectivity index (χ0v) is 11.5. The van der Waals surface area contributed by atoms with Crippen LogP contribution < -0.4 is 5.32 Å². The van der Waals surface area contributed by atoms with Gasteiger partial charge in [0.15, 0.2) is 0 Å². The Kier molecular flexibility index (Phi) is 4.16.